The van der Waals surface area contributed by atoms with Crippen LogP contribution in [0.4, 0.5) is 5.95 Å². The van der Waals surface area contributed by atoms with Gasteiger partial charge in [-0.25, -0.2) is 23.1 Å². The first-order valence-electron chi connectivity index (χ1n) is 4.71. The van der Waals surface area contributed by atoms with Crippen LogP contribution in [-0.2, 0) is 20.8 Å². The molecule has 7 nitrogen and oxygen atoms in total. The van der Waals surface area contributed by atoms with Crippen LogP contribution >= 0.6 is 0 Å². The van der Waals surface area contributed by atoms with E-state index in [-0.39, 0.29) is 16.6 Å². The zero-order valence-corrected chi connectivity index (χ0v) is 11.1. The summed E-state index contributed by atoms with van der Waals surface area (Å²) in [6.07, 6.45) is 3.76. The second-order valence-electron chi connectivity index (χ2n) is 3.54. The van der Waals surface area contributed by atoms with Crippen molar-refractivity contribution in [3.05, 3.63) is 12.4 Å². The third-order valence-electron chi connectivity index (χ3n) is 1.80. The molecule has 0 amide bonds. The van der Waals surface area contributed by atoms with Crippen molar-refractivity contribution in [1.82, 2.24) is 14.7 Å². The molecule has 1 heterocycles. The van der Waals surface area contributed by atoms with Gasteiger partial charge in [-0.3, -0.25) is 4.21 Å². The van der Waals surface area contributed by atoms with Crippen LogP contribution in [0.5, 0.6) is 0 Å². The highest BCUT2D eigenvalue weighted by molar-refractivity contribution is 7.89. The van der Waals surface area contributed by atoms with E-state index in [1.54, 1.807) is 6.92 Å². The van der Waals surface area contributed by atoms with Crippen LogP contribution in [0.1, 0.15) is 6.92 Å². The van der Waals surface area contributed by atoms with E-state index < -0.39 is 26.9 Å². The number of nitrogens with one attached hydrogen (secondary N) is 1. The molecular weight excluding hydrogens is 264 g/mol. The van der Waals surface area contributed by atoms with Crippen molar-refractivity contribution >= 4 is 26.8 Å². The van der Waals surface area contributed by atoms with Gasteiger partial charge in [-0.1, -0.05) is 0 Å². The summed E-state index contributed by atoms with van der Waals surface area (Å²) in [5, 5.41) is 0. The van der Waals surface area contributed by atoms with Crippen molar-refractivity contribution in [3.63, 3.8) is 0 Å². The van der Waals surface area contributed by atoms with Crippen molar-refractivity contribution in [1.29, 1.82) is 0 Å². The number of hydrogen-bond donors (Lipinski definition) is 2. The van der Waals surface area contributed by atoms with E-state index in [0.29, 0.717) is 0 Å². The first-order valence-corrected chi connectivity index (χ1v) is 7.92. The maximum Gasteiger partial charge on any atom is 0.243 e. The maximum atomic E-state index is 11.8. The lowest BCUT2D eigenvalue weighted by atomic mass is 10.4. The normalized spacial score (nSPS) is 15.4. The average Bonchev–Trinajstić information content (AvgIpc) is 2.15. The molecule has 0 aromatic carbocycles. The van der Waals surface area contributed by atoms with Crippen LogP contribution in [0.15, 0.2) is 17.3 Å². The van der Waals surface area contributed by atoms with E-state index in [1.807, 2.05) is 0 Å². The minimum atomic E-state index is -3.69. The summed E-state index contributed by atoms with van der Waals surface area (Å²) < 4.78 is 36.9. The lowest BCUT2D eigenvalue weighted by Gasteiger charge is -2.12. The van der Waals surface area contributed by atoms with Crippen molar-refractivity contribution in [2.45, 2.75) is 17.9 Å². The van der Waals surface area contributed by atoms with Crippen LogP contribution in [0.3, 0.4) is 0 Å². The predicted octanol–water partition coefficient (Wildman–Crippen LogP) is -0.896. The second kappa shape index (κ2) is 5.52. The summed E-state index contributed by atoms with van der Waals surface area (Å²) in [7, 11) is -4.76. The SMILES string of the molecule is CC(CS(C)=O)NS(=O)(=O)c1cnc(N)nc1. The quantitative estimate of drug-likeness (QED) is 0.721. The molecule has 0 aliphatic heterocycles. The van der Waals surface area contributed by atoms with Crippen LogP contribution in [0, 0.1) is 0 Å². The molecule has 17 heavy (non-hydrogen) atoms. The molecule has 1 aromatic rings. The number of hydrogen-bond acceptors (Lipinski definition) is 6. The van der Waals surface area contributed by atoms with Gasteiger partial charge in [-0.05, 0) is 6.92 Å². The highest BCUT2D eigenvalue weighted by Crippen LogP contribution is 2.06. The summed E-state index contributed by atoms with van der Waals surface area (Å²) in [4.78, 5) is 7.13. The first kappa shape index (κ1) is 14.0. The summed E-state index contributed by atoms with van der Waals surface area (Å²) in [5.41, 5.74) is 5.26. The number of nitrogens with zero attached hydrogens (tertiary/aromatic N) is 2. The van der Waals surface area contributed by atoms with E-state index in [9.17, 15) is 12.6 Å². The molecule has 9 heteroatoms. The van der Waals surface area contributed by atoms with Gasteiger partial charge < -0.3 is 5.73 Å². The third kappa shape index (κ3) is 4.36. The van der Waals surface area contributed by atoms with Gasteiger partial charge >= 0.3 is 0 Å². The van der Waals surface area contributed by atoms with Crippen LogP contribution in [-0.4, -0.2) is 40.6 Å². The fourth-order valence-corrected chi connectivity index (χ4v) is 3.21. The van der Waals surface area contributed by atoms with Crippen LogP contribution in [0.2, 0.25) is 0 Å². The monoisotopic (exact) mass is 278 g/mol. The van der Waals surface area contributed by atoms with Gasteiger partial charge in [0.15, 0.2) is 0 Å². The molecule has 0 spiro atoms. The zero-order chi connectivity index (χ0) is 13.1. The fraction of sp³-hybridized carbons (Fsp3) is 0.500. The highest BCUT2D eigenvalue weighted by atomic mass is 32.2. The smallest absolute Gasteiger partial charge is 0.243 e. The zero-order valence-electron chi connectivity index (χ0n) is 9.45. The number of nitrogens with two attached hydrogens (primary N) is 1. The Hall–Kier alpha value is -1.06. The van der Waals surface area contributed by atoms with E-state index in [4.69, 9.17) is 5.73 Å². The van der Waals surface area contributed by atoms with Crippen molar-refractivity contribution in [2.24, 2.45) is 0 Å². The molecule has 0 fully saturated rings. The minimum absolute atomic E-state index is 0.00617. The van der Waals surface area contributed by atoms with Gasteiger partial charge in [0.1, 0.15) is 4.90 Å². The molecule has 0 aliphatic rings. The summed E-state index contributed by atoms with van der Waals surface area (Å²) in [6.45, 7) is 1.64. The Balaban J connectivity index is 2.82. The van der Waals surface area contributed by atoms with Gasteiger partial charge in [-0.15, -0.1) is 0 Å². The Morgan fingerprint density at radius 3 is 2.47 bits per heavy atom. The van der Waals surface area contributed by atoms with Crippen LogP contribution in [0.25, 0.3) is 0 Å². The van der Waals surface area contributed by atoms with E-state index in [2.05, 4.69) is 14.7 Å². The van der Waals surface area contributed by atoms with Gasteiger partial charge in [0.05, 0.1) is 12.4 Å². The lowest BCUT2D eigenvalue weighted by molar-refractivity contribution is 0.569. The molecule has 0 bridgehead atoms. The number of nitrogen functional groups attached to an aromatic ring is 1. The van der Waals surface area contributed by atoms with E-state index >= 15 is 0 Å². The van der Waals surface area contributed by atoms with Gasteiger partial charge in [0, 0.05) is 28.9 Å². The largest absolute Gasteiger partial charge is 0.368 e. The van der Waals surface area contributed by atoms with Gasteiger partial charge in [-0.2, -0.15) is 0 Å². The van der Waals surface area contributed by atoms with E-state index in [1.165, 1.54) is 6.26 Å². The highest BCUT2D eigenvalue weighted by Gasteiger charge is 2.18. The molecular formula is C8H14N4O3S2. The van der Waals surface area contributed by atoms with Crippen molar-refractivity contribution in [2.75, 3.05) is 17.7 Å². The Labute approximate surface area is 102 Å². The van der Waals surface area contributed by atoms with Crippen molar-refractivity contribution < 1.29 is 12.6 Å². The molecule has 2 unspecified atom stereocenters. The minimum Gasteiger partial charge on any atom is -0.368 e. The Morgan fingerprint density at radius 2 is 2.00 bits per heavy atom. The first-order chi connectivity index (χ1) is 7.81. The topological polar surface area (TPSA) is 115 Å². The third-order valence-corrected chi connectivity index (χ3v) is 4.31. The molecule has 0 saturated carbocycles. The lowest BCUT2D eigenvalue weighted by Crippen LogP contribution is -2.36. The van der Waals surface area contributed by atoms with Gasteiger partial charge in [0.2, 0.25) is 16.0 Å². The molecule has 2 atom stereocenters. The second-order valence-corrected chi connectivity index (χ2v) is 6.73. The molecule has 3 N–H and O–H groups in total. The summed E-state index contributed by atoms with van der Waals surface area (Å²) >= 11 is 0. The van der Waals surface area contributed by atoms with Gasteiger partial charge in [0.25, 0.3) is 0 Å². The Kier molecular flexibility index (Phi) is 4.54. The van der Waals surface area contributed by atoms with Crippen molar-refractivity contribution in [3.8, 4) is 0 Å². The predicted molar refractivity (Wildman–Crippen MR) is 65.2 cm³/mol. The standard InChI is InChI=1S/C8H14N4O3S2/c1-6(5-16(2)13)12-17(14,15)7-3-10-8(9)11-4-7/h3-4,6,12H,5H2,1-2H3,(H2,9,10,11). The molecule has 96 valence electrons. The maximum absolute atomic E-state index is 11.8. The van der Waals surface area contributed by atoms with E-state index in [0.717, 1.165) is 12.4 Å². The number of rotatable bonds is 5. The number of aromatic nitrogens is 2. The number of sulfonamides is 1. The Bertz CT molecular complexity index is 500. The molecule has 0 radical (unpaired) electrons. The number of anilines is 1. The molecule has 0 aliphatic carbocycles. The fourth-order valence-electron chi connectivity index (χ4n) is 1.18. The summed E-state index contributed by atoms with van der Waals surface area (Å²) in [5.74, 6) is 0.251. The molecule has 0 saturated heterocycles. The average molecular weight is 278 g/mol. The molecule has 1 aromatic heterocycles. The molecule has 1 rings (SSSR count). The Morgan fingerprint density at radius 1 is 1.47 bits per heavy atom. The van der Waals surface area contributed by atoms with Crippen LogP contribution < -0.4 is 10.5 Å². The summed E-state index contributed by atoms with van der Waals surface area (Å²) in [6, 6.07) is -0.427.